The van der Waals surface area contributed by atoms with E-state index in [1.807, 2.05) is 32.4 Å². The second-order valence-corrected chi connectivity index (χ2v) is 5.85. The predicted molar refractivity (Wildman–Crippen MR) is 88.6 cm³/mol. The number of nitrogens with one attached hydrogen (secondary N) is 1. The van der Waals surface area contributed by atoms with Gasteiger partial charge in [0.1, 0.15) is 5.82 Å². The monoisotopic (exact) mass is 317 g/mol. The summed E-state index contributed by atoms with van der Waals surface area (Å²) >= 11 is 0. The summed E-state index contributed by atoms with van der Waals surface area (Å²) in [4.78, 5) is 12.2. The predicted octanol–water partition coefficient (Wildman–Crippen LogP) is 3.61. The Morgan fingerprint density at radius 1 is 1.26 bits per heavy atom. The third-order valence-corrected chi connectivity index (χ3v) is 4.31. The lowest BCUT2D eigenvalue weighted by atomic mass is 10.0. The molecule has 0 spiro atoms. The van der Waals surface area contributed by atoms with Crippen LogP contribution in [0, 0.1) is 26.6 Å². The van der Waals surface area contributed by atoms with E-state index in [-0.39, 0.29) is 17.8 Å². The van der Waals surface area contributed by atoms with Gasteiger partial charge in [-0.25, -0.2) is 4.39 Å². The molecule has 0 saturated heterocycles. The standard InChI is InChI=1S/C18H24FN3O/c1-5-17(15-6-8-16(19)9-7-15)20-18(23)10-11-22-14(4)12(2)13(3)21-22/h6-9,17H,5,10-11H2,1-4H3,(H,20,23). The number of benzene rings is 1. The lowest BCUT2D eigenvalue weighted by molar-refractivity contribution is -0.122. The molecule has 1 aromatic carbocycles. The second-order valence-electron chi connectivity index (χ2n) is 5.85. The fourth-order valence-corrected chi connectivity index (χ4v) is 2.59. The SMILES string of the molecule is CCC(NC(=O)CCn1nc(C)c(C)c1C)c1ccc(F)cc1. The highest BCUT2D eigenvalue weighted by atomic mass is 19.1. The van der Waals surface area contributed by atoms with Gasteiger partial charge in [0.2, 0.25) is 5.91 Å². The maximum absolute atomic E-state index is 13.0. The minimum Gasteiger partial charge on any atom is -0.349 e. The van der Waals surface area contributed by atoms with E-state index in [2.05, 4.69) is 10.4 Å². The van der Waals surface area contributed by atoms with Gasteiger partial charge in [0.05, 0.1) is 11.7 Å². The fourth-order valence-electron chi connectivity index (χ4n) is 2.59. The van der Waals surface area contributed by atoms with Crippen LogP contribution in [0.1, 0.15) is 48.3 Å². The van der Waals surface area contributed by atoms with Crippen LogP contribution in [0.25, 0.3) is 0 Å². The van der Waals surface area contributed by atoms with E-state index in [4.69, 9.17) is 0 Å². The molecule has 23 heavy (non-hydrogen) atoms. The topological polar surface area (TPSA) is 46.9 Å². The van der Waals surface area contributed by atoms with E-state index in [9.17, 15) is 9.18 Å². The Morgan fingerprint density at radius 2 is 1.91 bits per heavy atom. The zero-order valence-corrected chi connectivity index (χ0v) is 14.2. The molecule has 0 fully saturated rings. The van der Waals surface area contributed by atoms with E-state index in [0.29, 0.717) is 13.0 Å². The molecule has 2 aromatic rings. The molecule has 2 rings (SSSR count). The highest BCUT2D eigenvalue weighted by molar-refractivity contribution is 5.76. The Kier molecular flexibility index (Phi) is 5.53. The van der Waals surface area contributed by atoms with Gasteiger partial charge in [-0.2, -0.15) is 5.10 Å². The molecule has 0 radical (unpaired) electrons. The lowest BCUT2D eigenvalue weighted by Crippen LogP contribution is -2.29. The molecule has 1 atom stereocenters. The van der Waals surface area contributed by atoms with Crippen molar-refractivity contribution in [3.63, 3.8) is 0 Å². The van der Waals surface area contributed by atoms with Gasteiger partial charge in [0.15, 0.2) is 0 Å². The van der Waals surface area contributed by atoms with Crippen molar-refractivity contribution in [2.75, 3.05) is 0 Å². The number of rotatable bonds is 6. The smallest absolute Gasteiger partial charge is 0.222 e. The van der Waals surface area contributed by atoms with Crippen LogP contribution in [0.2, 0.25) is 0 Å². The van der Waals surface area contributed by atoms with E-state index in [1.165, 1.54) is 17.7 Å². The minimum atomic E-state index is -0.269. The van der Waals surface area contributed by atoms with Crippen molar-refractivity contribution in [1.82, 2.24) is 15.1 Å². The first kappa shape index (κ1) is 17.2. The van der Waals surface area contributed by atoms with E-state index < -0.39 is 0 Å². The first-order valence-corrected chi connectivity index (χ1v) is 7.97. The van der Waals surface area contributed by atoms with Crippen molar-refractivity contribution in [1.29, 1.82) is 0 Å². The van der Waals surface area contributed by atoms with Crippen molar-refractivity contribution in [2.45, 2.75) is 53.1 Å². The van der Waals surface area contributed by atoms with Gasteiger partial charge in [-0.3, -0.25) is 9.48 Å². The van der Waals surface area contributed by atoms with Crippen molar-refractivity contribution in [3.05, 3.63) is 52.6 Å². The van der Waals surface area contributed by atoms with Gasteiger partial charge >= 0.3 is 0 Å². The number of hydrogen-bond donors (Lipinski definition) is 1. The van der Waals surface area contributed by atoms with E-state index in [1.54, 1.807) is 12.1 Å². The van der Waals surface area contributed by atoms with E-state index in [0.717, 1.165) is 23.4 Å². The molecular weight excluding hydrogens is 293 g/mol. The van der Waals surface area contributed by atoms with Crippen LogP contribution < -0.4 is 5.32 Å². The minimum absolute atomic E-state index is 0.0219. The average Bonchev–Trinajstić information content (AvgIpc) is 2.78. The maximum Gasteiger partial charge on any atom is 0.222 e. The van der Waals surface area contributed by atoms with Gasteiger partial charge < -0.3 is 5.32 Å². The van der Waals surface area contributed by atoms with Crippen molar-refractivity contribution in [2.24, 2.45) is 0 Å². The van der Waals surface area contributed by atoms with Gasteiger partial charge in [0, 0.05) is 18.7 Å². The molecule has 5 heteroatoms. The summed E-state index contributed by atoms with van der Waals surface area (Å²) in [5, 5.41) is 7.45. The molecule has 0 bridgehead atoms. The van der Waals surface area contributed by atoms with Crippen molar-refractivity contribution < 1.29 is 9.18 Å². The van der Waals surface area contributed by atoms with Crippen LogP contribution >= 0.6 is 0 Å². The number of carbonyl (C=O) groups excluding carboxylic acids is 1. The molecule has 0 aliphatic heterocycles. The second kappa shape index (κ2) is 7.40. The summed E-state index contributed by atoms with van der Waals surface area (Å²) < 4.78 is 14.9. The summed E-state index contributed by atoms with van der Waals surface area (Å²) in [6.07, 6.45) is 1.13. The number of amides is 1. The van der Waals surface area contributed by atoms with Crippen LogP contribution in [0.15, 0.2) is 24.3 Å². The molecule has 4 nitrogen and oxygen atoms in total. The molecule has 1 aromatic heterocycles. The highest BCUT2D eigenvalue weighted by Crippen LogP contribution is 2.17. The molecule has 1 unspecified atom stereocenters. The number of halogens is 1. The first-order chi connectivity index (χ1) is 10.9. The Labute approximate surface area is 136 Å². The first-order valence-electron chi connectivity index (χ1n) is 7.97. The normalized spacial score (nSPS) is 12.2. The number of aryl methyl sites for hydroxylation is 2. The molecule has 0 saturated carbocycles. The third kappa shape index (κ3) is 4.18. The van der Waals surface area contributed by atoms with Gasteiger partial charge in [0.25, 0.3) is 0 Å². The van der Waals surface area contributed by atoms with Crippen LogP contribution in [0.4, 0.5) is 4.39 Å². The zero-order valence-electron chi connectivity index (χ0n) is 14.2. The summed E-state index contributed by atoms with van der Waals surface area (Å²) in [5.74, 6) is -0.291. The highest BCUT2D eigenvalue weighted by Gasteiger charge is 2.14. The Balaban J connectivity index is 1.95. The van der Waals surface area contributed by atoms with Gasteiger partial charge in [-0.05, 0) is 50.5 Å². The van der Waals surface area contributed by atoms with Gasteiger partial charge in [-0.15, -0.1) is 0 Å². The molecule has 124 valence electrons. The van der Waals surface area contributed by atoms with Gasteiger partial charge in [-0.1, -0.05) is 19.1 Å². The zero-order chi connectivity index (χ0) is 17.0. The molecule has 1 amide bonds. The number of carbonyl (C=O) groups is 1. The summed E-state index contributed by atoms with van der Waals surface area (Å²) in [5.41, 5.74) is 4.19. The van der Waals surface area contributed by atoms with Crippen LogP contribution in [0.3, 0.4) is 0 Å². The number of nitrogens with zero attached hydrogens (tertiary/aromatic N) is 2. The van der Waals surface area contributed by atoms with E-state index >= 15 is 0 Å². The molecule has 0 aliphatic carbocycles. The average molecular weight is 317 g/mol. The Morgan fingerprint density at radius 3 is 2.43 bits per heavy atom. The summed E-state index contributed by atoms with van der Waals surface area (Å²) in [7, 11) is 0. The molecule has 1 N–H and O–H groups in total. The quantitative estimate of drug-likeness (QED) is 0.885. The number of hydrogen-bond acceptors (Lipinski definition) is 2. The van der Waals surface area contributed by atoms with Crippen molar-refractivity contribution in [3.8, 4) is 0 Å². The van der Waals surface area contributed by atoms with Crippen molar-refractivity contribution >= 4 is 5.91 Å². The van der Waals surface area contributed by atoms with Crippen LogP contribution in [-0.2, 0) is 11.3 Å². The molecule has 0 aliphatic rings. The van der Waals surface area contributed by atoms with Crippen LogP contribution in [-0.4, -0.2) is 15.7 Å². The summed E-state index contributed by atoms with van der Waals surface area (Å²) in [6, 6.07) is 6.18. The Hall–Kier alpha value is -2.17. The maximum atomic E-state index is 13.0. The number of aromatic nitrogens is 2. The molecular formula is C18H24FN3O. The fraction of sp³-hybridized carbons (Fsp3) is 0.444. The summed E-state index contributed by atoms with van der Waals surface area (Å²) in [6.45, 7) is 8.59. The lowest BCUT2D eigenvalue weighted by Gasteiger charge is -2.17. The largest absolute Gasteiger partial charge is 0.349 e. The molecule has 1 heterocycles. The third-order valence-electron chi connectivity index (χ3n) is 4.31. The Bertz CT molecular complexity index is 676. The van der Waals surface area contributed by atoms with Crippen LogP contribution in [0.5, 0.6) is 0 Å².